The maximum atomic E-state index is 12.8. The summed E-state index contributed by atoms with van der Waals surface area (Å²) in [7, 11) is 0. The number of aldehydes is 1. The molecule has 1 aromatic carbocycles. The zero-order valence-corrected chi connectivity index (χ0v) is 12.8. The Kier molecular flexibility index (Phi) is 4.27. The lowest BCUT2D eigenvalue weighted by molar-refractivity contribution is -0.107. The van der Waals surface area contributed by atoms with E-state index in [0.717, 1.165) is 11.8 Å². The van der Waals surface area contributed by atoms with Crippen LogP contribution in [0.25, 0.3) is 0 Å². The molecule has 1 aromatic rings. The summed E-state index contributed by atoms with van der Waals surface area (Å²) in [5, 5.41) is 13.8. The second-order valence-electron chi connectivity index (χ2n) is 5.61. The van der Waals surface area contributed by atoms with Crippen LogP contribution in [0.2, 0.25) is 0 Å². The third-order valence-corrected chi connectivity index (χ3v) is 4.05. The van der Waals surface area contributed by atoms with Crippen molar-refractivity contribution >= 4 is 17.9 Å². The van der Waals surface area contributed by atoms with Crippen molar-refractivity contribution in [2.24, 2.45) is 0 Å². The van der Waals surface area contributed by atoms with Gasteiger partial charge in [0.15, 0.2) is 6.23 Å². The molecule has 2 aliphatic rings. The summed E-state index contributed by atoms with van der Waals surface area (Å²) in [4.78, 5) is 26.6. The maximum absolute atomic E-state index is 12.8. The number of aryl methyl sites for hydroxylation is 1. The van der Waals surface area contributed by atoms with E-state index in [0.29, 0.717) is 11.3 Å². The standard InChI is InChI=1S/C17H19N3O3/c1-12-5-6-13-15(10-12)20(11-18-7-9-21)17(23)14-4-2-3-8-19(14)16(13)22/h2-6,8-10,14,17-18,23H,7,11H2,1H3/t14-,17?/m0/s1. The summed E-state index contributed by atoms with van der Waals surface area (Å²) in [5.74, 6) is -0.150. The molecule has 120 valence electrons. The van der Waals surface area contributed by atoms with Crippen LogP contribution < -0.4 is 10.2 Å². The highest BCUT2D eigenvalue weighted by Crippen LogP contribution is 2.32. The summed E-state index contributed by atoms with van der Waals surface area (Å²) in [6.07, 6.45) is 6.92. The number of allylic oxidation sites excluding steroid dienone is 2. The van der Waals surface area contributed by atoms with E-state index in [1.807, 2.05) is 25.1 Å². The highest BCUT2D eigenvalue weighted by atomic mass is 16.3. The van der Waals surface area contributed by atoms with Crippen molar-refractivity contribution in [3.8, 4) is 0 Å². The van der Waals surface area contributed by atoms with Crippen molar-refractivity contribution in [3.63, 3.8) is 0 Å². The van der Waals surface area contributed by atoms with Gasteiger partial charge < -0.3 is 19.7 Å². The minimum atomic E-state index is -0.914. The zero-order chi connectivity index (χ0) is 16.4. The number of nitrogens with zero attached hydrogens (tertiary/aromatic N) is 2. The van der Waals surface area contributed by atoms with Gasteiger partial charge in [-0.2, -0.15) is 0 Å². The number of amides is 1. The average molecular weight is 313 g/mol. The van der Waals surface area contributed by atoms with E-state index in [1.54, 1.807) is 34.2 Å². The van der Waals surface area contributed by atoms with Gasteiger partial charge in [0, 0.05) is 6.20 Å². The Morgan fingerprint density at radius 1 is 1.35 bits per heavy atom. The molecule has 0 fully saturated rings. The average Bonchev–Trinajstić information content (AvgIpc) is 2.65. The van der Waals surface area contributed by atoms with Gasteiger partial charge in [0.25, 0.3) is 5.91 Å². The van der Waals surface area contributed by atoms with Crippen LogP contribution in [0.4, 0.5) is 5.69 Å². The highest BCUT2D eigenvalue weighted by Gasteiger charge is 2.37. The quantitative estimate of drug-likeness (QED) is 0.635. The lowest BCUT2D eigenvalue weighted by atomic mass is 10.1. The number of carbonyl (C=O) groups excluding carboxylic acids is 2. The second-order valence-corrected chi connectivity index (χ2v) is 5.61. The van der Waals surface area contributed by atoms with Crippen LogP contribution in [0.5, 0.6) is 0 Å². The first kappa shape index (κ1) is 15.5. The lowest BCUT2D eigenvalue weighted by Crippen LogP contribution is -2.51. The second kappa shape index (κ2) is 6.36. The number of benzene rings is 1. The smallest absolute Gasteiger partial charge is 0.260 e. The normalized spacial score (nSPS) is 22.6. The molecule has 0 spiro atoms. The molecule has 2 atom stereocenters. The number of hydrogen-bond donors (Lipinski definition) is 2. The molecule has 6 nitrogen and oxygen atoms in total. The van der Waals surface area contributed by atoms with E-state index in [-0.39, 0.29) is 19.1 Å². The van der Waals surface area contributed by atoms with Gasteiger partial charge in [0.1, 0.15) is 6.29 Å². The van der Waals surface area contributed by atoms with Crippen molar-refractivity contribution < 1.29 is 14.7 Å². The summed E-state index contributed by atoms with van der Waals surface area (Å²) in [6.45, 7) is 2.39. The molecule has 2 N–H and O–H groups in total. The molecule has 1 unspecified atom stereocenters. The van der Waals surface area contributed by atoms with E-state index < -0.39 is 12.3 Å². The van der Waals surface area contributed by atoms with Gasteiger partial charge in [-0.25, -0.2) is 0 Å². The van der Waals surface area contributed by atoms with Gasteiger partial charge in [0.2, 0.25) is 0 Å². The summed E-state index contributed by atoms with van der Waals surface area (Å²) in [5.41, 5.74) is 2.19. The molecule has 1 amide bonds. The number of rotatable bonds is 4. The van der Waals surface area contributed by atoms with Gasteiger partial charge in [-0.1, -0.05) is 18.2 Å². The number of fused-ring (bicyclic) bond motifs is 2. The molecular formula is C17H19N3O3. The minimum Gasteiger partial charge on any atom is -0.371 e. The molecule has 3 rings (SSSR count). The fraction of sp³-hybridized carbons (Fsp3) is 0.294. The van der Waals surface area contributed by atoms with Crippen LogP contribution in [-0.2, 0) is 4.79 Å². The molecule has 2 aliphatic heterocycles. The van der Waals surface area contributed by atoms with Crippen LogP contribution in [0.15, 0.2) is 42.6 Å². The molecule has 0 radical (unpaired) electrons. The van der Waals surface area contributed by atoms with Crippen molar-refractivity contribution in [1.82, 2.24) is 10.2 Å². The van der Waals surface area contributed by atoms with Gasteiger partial charge in [0.05, 0.1) is 30.5 Å². The topological polar surface area (TPSA) is 72.9 Å². The summed E-state index contributed by atoms with van der Waals surface area (Å²) in [6, 6.07) is 5.06. The summed E-state index contributed by atoms with van der Waals surface area (Å²) < 4.78 is 0. The third-order valence-electron chi connectivity index (χ3n) is 4.05. The first-order chi connectivity index (χ1) is 11.1. The van der Waals surface area contributed by atoms with Gasteiger partial charge in [-0.15, -0.1) is 0 Å². The Hall–Kier alpha value is -2.44. The first-order valence-electron chi connectivity index (χ1n) is 7.51. The molecule has 0 bridgehead atoms. The molecule has 23 heavy (non-hydrogen) atoms. The molecule has 0 saturated heterocycles. The molecule has 2 heterocycles. The third kappa shape index (κ3) is 2.78. The molecule has 0 saturated carbocycles. The van der Waals surface area contributed by atoms with Crippen molar-refractivity contribution in [2.45, 2.75) is 19.2 Å². The Labute approximate surface area is 134 Å². The number of aliphatic hydroxyl groups excluding tert-OH is 1. The SMILES string of the molecule is Cc1ccc2c(c1)N(CNCC=O)C(O)[C@@H]1C=CC=CN1C2=O. The molecule has 0 aromatic heterocycles. The van der Waals surface area contributed by atoms with E-state index >= 15 is 0 Å². The fourth-order valence-electron chi connectivity index (χ4n) is 2.91. The van der Waals surface area contributed by atoms with Crippen molar-refractivity contribution in [3.05, 3.63) is 53.8 Å². The predicted octanol–water partition coefficient (Wildman–Crippen LogP) is 0.774. The van der Waals surface area contributed by atoms with Crippen molar-refractivity contribution in [1.29, 1.82) is 0 Å². The van der Waals surface area contributed by atoms with Crippen LogP contribution in [0, 0.1) is 6.92 Å². The first-order valence-corrected chi connectivity index (χ1v) is 7.51. The number of hydrogen-bond acceptors (Lipinski definition) is 5. The van der Waals surface area contributed by atoms with E-state index in [1.165, 1.54) is 0 Å². The maximum Gasteiger partial charge on any atom is 0.260 e. The zero-order valence-electron chi connectivity index (χ0n) is 12.8. The summed E-state index contributed by atoms with van der Waals surface area (Å²) >= 11 is 0. The highest BCUT2D eigenvalue weighted by molar-refractivity contribution is 6.01. The number of nitrogens with one attached hydrogen (secondary N) is 1. The van der Waals surface area contributed by atoms with Crippen LogP contribution in [0.3, 0.4) is 0 Å². The van der Waals surface area contributed by atoms with Gasteiger partial charge in [-0.3, -0.25) is 10.1 Å². The van der Waals surface area contributed by atoms with Crippen LogP contribution in [0.1, 0.15) is 15.9 Å². The number of aliphatic hydroxyl groups is 1. The Balaban J connectivity index is 2.06. The van der Waals surface area contributed by atoms with Gasteiger partial charge >= 0.3 is 0 Å². The lowest BCUT2D eigenvalue weighted by Gasteiger charge is -2.35. The largest absolute Gasteiger partial charge is 0.371 e. The Morgan fingerprint density at radius 3 is 2.96 bits per heavy atom. The van der Waals surface area contributed by atoms with Crippen LogP contribution >= 0.6 is 0 Å². The number of anilines is 1. The number of carbonyl (C=O) groups is 2. The Morgan fingerprint density at radius 2 is 2.17 bits per heavy atom. The molecular weight excluding hydrogens is 294 g/mol. The van der Waals surface area contributed by atoms with Crippen molar-refractivity contribution in [2.75, 3.05) is 18.1 Å². The van der Waals surface area contributed by atoms with Gasteiger partial charge in [-0.05, 0) is 30.7 Å². The van der Waals surface area contributed by atoms with E-state index in [2.05, 4.69) is 5.32 Å². The molecule has 6 heteroatoms. The fourth-order valence-corrected chi connectivity index (χ4v) is 2.91. The molecule has 0 aliphatic carbocycles. The minimum absolute atomic E-state index is 0.150. The Bertz CT molecular complexity index is 684. The predicted molar refractivity (Wildman–Crippen MR) is 86.8 cm³/mol. The van der Waals surface area contributed by atoms with E-state index in [9.17, 15) is 14.7 Å². The van der Waals surface area contributed by atoms with E-state index in [4.69, 9.17) is 0 Å². The van der Waals surface area contributed by atoms with Crippen LogP contribution in [-0.4, -0.2) is 47.7 Å². The monoisotopic (exact) mass is 313 g/mol.